The molecule has 1 fully saturated rings. The smallest absolute Gasteiger partial charge is 0.179 e. The lowest BCUT2D eigenvalue weighted by Crippen LogP contribution is -2.07. The SMILES string of the molecule is COc1ccc(COC/C(C)=C/C2O[C@H](c3ccccc3)[C@H](c3ccccc3)O2)cc1. The highest BCUT2D eigenvalue weighted by Gasteiger charge is 2.37. The highest BCUT2D eigenvalue weighted by Crippen LogP contribution is 2.43. The van der Waals surface area contributed by atoms with Gasteiger partial charge in [0.2, 0.25) is 0 Å². The summed E-state index contributed by atoms with van der Waals surface area (Å²) in [4.78, 5) is 0. The Morgan fingerprint density at radius 2 is 1.35 bits per heavy atom. The zero-order chi connectivity index (χ0) is 21.5. The van der Waals surface area contributed by atoms with Crippen LogP contribution in [0.4, 0.5) is 0 Å². The van der Waals surface area contributed by atoms with Gasteiger partial charge in [0.25, 0.3) is 0 Å². The third-order valence-electron chi connectivity index (χ3n) is 5.27. The summed E-state index contributed by atoms with van der Waals surface area (Å²) in [5.74, 6) is 0.844. The quantitative estimate of drug-likeness (QED) is 0.421. The summed E-state index contributed by atoms with van der Waals surface area (Å²) in [6.45, 7) is 3.09. The molecule has 1 aliphatic heterocycles. The van der Waals surface area contributed by atoms with Crippen molar-refractivity contribution in [2.24, 2.45) is 0 Å². The molecule has 3 aromatic rings. The zero-order valence-electron chi connectivity index (χ0n) is 17.9. The van der Waals surface area contributed by atoms with Gasteiger partial charge in [-0.1, -0.05) is 72.8 Å². The molecule has 160 valence electrons. The second-order valence-corrected chi connectivity index (χ2v) is 7.66. The molecule has 3 atom stereocenters. The normalized spacial score (nSPS) is 21.2. The first-order valence-corrected chi connectivity index (χ1v) is 10.5. The van der Waals surface area contributed by atoms with E-state index in [0.717, 1.165) is 28.0 Å². The molecule has 4 rings (SSSR count). The molecule has 1 saturated heterocycles. The van der Waals surface area contributed by atoms with Crippen LogP contribution >= 0.6 is 0 Å². The molecule has 1 heterocycles. The fourth-order valence-electron chi connectivity index (χ4n) is 3.67. The van der Waals surface area contributed by atoms with E-state index in [2.05, 4.69) is 24.3 Å². The van der Waals surface area contributed by atoms with E-state index in [1.165, 1.54) is 0 Å². The maximum absolute atomic E-state index is 6.31. The van der Waals surface area contributed by atoms with Gasteiger partial charge in [-0.15, -0.1) is 0 Å². The maximum atomic E-state index is 6.31. The molecular weight excluding hydrogens is 388 g/mol. The van der Waals surface area contributed by atoms with Crippen LogP contribution in [0.5, 0.6) is 5.75 Å². The van der Waals surface area contributed by atoms with Crippen molar-refractivity contribution in [3.63, 3.8) is 0 Å². The van der Waals surface area contributed by atoms with E-state index in [9.17, 15) is 0 Å². The van der Waals surface area contributed by atoms with Gasteiger partial charge in [0, 0.05) is 0 Å². The number of methoxy groups -OCH3 is 1. The molecule has 3 aromatic carbocycles. The van der Waals surface area contributed by atoms with E-state index in [4.69, 9.17) is 18.9 Å². The number of benzene rings is 3. The topological polar surface area (TPSA) is 36.9 Å². The first-order chi connectivity index (χ1) is 15.2. The van der Waals surface area contributed by atoms with Gasteiger partial charge in [0.05, 0.1) is 20.3 Å². The van der Waals surface area contributed by atoms with Gasteiger partial charge < -0.3 is 18.9 Å². The first-order valence-electron chi connectivity index (χ1n) is 10.5. The Balaban J connectivity index is 1.39. The van der Waals surface area contributed by atoms with E-state index < -0.39 is 6.29 Å². The predicted molar refractivity (Wildman–Crippen MR) is 121 cm³/mol. The lowest BCUT2D eigenvalue weighted by Gasteiger charge is -2.17. The monoisotopic (exact) mass is 416 g/mol. The average molecular weight is 417 g/mol. The number of ether oxygens (including phenoxy) is 4. The van der Waals surface area contributed by atoms with E-state index in [1.807, 2.05) is 73.7 Å². The van der Waals surface area contributed by atoms with Crippen LogP contribution in [0.3, 0.4) is 0 Å². The summed E-state index contributed by atoms with van der Waals surface area (Å²) in [6.07, 6.45) is 1.28. The lowest BCUT2D eigenvalue weighted by atomic mass is 9.99. The molecule has 31 heavy (non-hydrogen) atoms. The number of hydrogen-bond donors (Lipinski definition) is 0. The fraction of sp³-hybridized carbons (Fsp3) is 0.259. The molecule has 1 unspecified atom stereocenters. The van der Waals surface area contributed by atoms with Crippen molar-refractivity contribution in [3.8, 4) is 5.75 Å². The highest BCUT2D eigenvalue weighted by atomic mass is 16.7. The minimum atomic E-state index is -0.417. The van der Waals surface area contributed by atoms with Crippen LogP contribution in [0.1, 0.15) is 35.8 Å². The first kappa shape index (κ1) is 21.3. The molecule has 0 bridgehead atoms. The predicted octanol–water partition coefficient (Wildman–Crippen LogP) is 6.01. The highest BCUT2D eigenvalue weighted by molar-refractivity contribution is 5.28. The van der Waals surface area contributed by atoms with Crippen molar-refractivity contribution in [2.45, 2.75) is 32.0 Å². The molecule has 1 aliphatic rings. The largest absolute Gasteiger partial charge is 0.497 e. The molecule has 0 radical (unpaired) electrons. The molecule has 0 saturated carbocycles. The molecule has 0 aliphatic carbocycles. The summed E-state index contributed by atoms with van der Waals surface area (Å²) in [5, 5.41) is 0. The van der Waals surface area contributed by atoms with Crippen LogP contribution in [0.25, 0.3) is 0 Å². The Kier molecular flexibility index (Phi) is 7.15. The van der Waals surface area contributed by atoms with Gasteiger partial charge in [-0.3, -0.25) is 0 Å². The lowest BCUT2D eigenvalue weighted by molar-refractivity contribution is -0.0302. The van der Waals surface area contributed by atoms with Crippen molar-refractivity contribution in [1.82, 2.24) is 0 Å². The van der Waals surface area contributed by atoms with Gasteiger partial charge in [-0.2, -0.15) is 0 Å². The summed E-state index contributed by atoms with van der Waals surface area (Å²) >= 11 is 0. The van der Waals surface area contributed by atoms with Gasteiger partial charge in [0.1, 0.15) is 18.0 Å². The molecule has 0 amide bonds. The molecule has 4 nitrogen and oxygen atoms in total. The van der Waals surface area contributed by atoms with Crippen LogP contribution in [0.2, 0.25) is 0 Å². The molecule has 0 spiro atoms. The van der Waals surface area contributed by atoms with Crippen molar-refractivity contribution in [3.05, 3.63) is 113 Å². The number of rotatable bonds is 8. The zero-order valence-corrected chi connectivity index (χ0v) is 17.9. The van der Waals surface area contributed by atoms with Crippen molar-refractivity contribution in [1.29, 1.82) is 0 Å². The fourth-order valence-corrected chi connectivity index (χ4v) is 3.67. The van der Waals surface area contributed by atoms with Crippen LogP contribution in [-0.4, -0.2) is 20.0 Å². The van der Waals surface area contributed by atoms with Crippen LogP contribution < -0.4 is 4.74 Å². The third kappa shape index (κ3) is 5.61. The third-order valence-corrected chi connectivity index (χ3v) is 5.27. The summed E-state index contributed by atoms with van der Waals surface area (Å²) in [5.41, 5.74) is 4.40. The Morgan fingerprint density at radius 3 is 1.87 bits per heavy atom. The van der Waals surface area contributed by atoms with Crippen molar-refractivity contribution < 1.29 is 18.9 Å². The van der Waals surface area contributed by atoms with E-state index in [1.54, 1.807) is 7.11 Å². The Labute approximate surface area is 184 Å². The molecular formula is C27H28O4. The molecule has 0 N–H and O–H groups in total. The molecule has 4 heteroatoms. The average Bonchev–Trinajstić information content (AvgIpc) is 3.24. The van der Waals surface area contributed by atoms with Gasteiger partial charge in [-0.25, -0.2) is 0 Å². The van der Waals surface area contributed by atoms with Gasteiger partial charge in [-0.05, 0) is 47.4 Å². The summed E-state index contributed by atoms with van der Waals surface area (Å²) < 4.78 is 23.7. The minimum absolute atomic E-state index is 0.155. The van der Waals surface area contributed by atoms with Crippen molar-refractivity contribution in [2.75, 3.05) is 13.7 Å². The van der Waals surface area contributed by atoms with Crippen LogP contribution in [-0.2, 0) is 20.8 Å². The standard InChI is InChI=1S/C27H28O4/c1-20(18-29-19-21-13-15-24(28-2)16-14-21)17-25-30-26(22-9-5-3-6-10-22)27(31-25)23-11-7-4-8-12-23/h3-17,25-27H,18-19H2,1-2H3/b20-17+/t25?,26-,27+. The number of hydrogen-bond acceptors (Lipinski definition) is 4. The maximum Gasteiger partial charge on any atom is 0.179 e. The second-order valence-electron chi connectivity index (χ2n) is 7.66. The van der Waals surface area contributed by atoms with E-state index in [0.29, 0.717) is 13.2 Å². The Hall–Kier alpha value is -2.92. The second kappa shape index (κ2) is 10.4. The molecule has 0 aromatic heterocycles. The van der Waals surface area contributed by atoms with Crippen molar-refractivity contribution >= 4 is 0 Å². The van der Waals surface area contributed by atoms with E-state index >= 15 is 0 Å². The summed E-state index contributed by atoms with van der Waals surface area (Å²) in [6, 6.07) is 28.4. The van der Waals surface area contributed by atoms with Crippen LogP contribution in [0, 0.1) is 0 Å². The Bertz CT molecular complexity index is 920. The summed E-state index contributed by atoms with van der Waals surface area (Å²) in [7, 11) is 1.66. The Morgan fingerprint density at radius 1 is 0.806 bits per heavy atom. The van der Waals surface area contributed by atoms with Gasteiger partial charge in [0.15, 0.2) is 6.29 Å². The van der Waals surface area contributed by atoms with E-state index in [-0.39, 0.29) is 12.2 Å². The minimum Gasteiger partial charge on any atom is -0.497 e. The van der Waals surface area contributed by atoms with Gasteiger partial charge >= 0.3 is 0 Å². The van der Waals surface area contributed by atoms with Crippen LogP contribution in [0.15, 0.2) is 96.6 Å².